The first-order valence-corrected chi connectivity index (χ1v) is 6.57. The molecule has 1 saturated heterocycles. The smallest absolute Gasteiger partial charge is 0.135 e. The number of aryl methyl sites for hydroxylation is 1. The van der Waals surface area contributed by atoms with Crippen LogP contribution < -0.4 is 4.90 Å². The van der Waals surface area contributed by atoms with E-state index in [1.165, 1.54) is 24.1 Å². The van der Waals surface area contributed by atoms with Crippen molar-refractivity contribution in [3.63, 3.8) is 0 Å². The lowest BCUT2D eigenvalue weighted by atomic mass is 9.96. The van der Waals surface area contributed by atoms with Gasteiger partial charge in [-0.3, -0.25) is 0 Å². The summed E-state index contributed by atoms with van der Waals surface area (Å²) < 4.78 is 0. The fourth-order valence-electron chi connectivity index (χ4n) is 2.95. The van der Waals surface area contributed by atoms with Crippen molar-refractivity contribution >= 4 is 5.82 Å². The van der Waals surface area contributed by atoms with Crippen LogP contribution in [-0.2, 0) is 12.8 Å². The summed E-state index contributed by atoms with van der Waals surface area (Å²) in [5, 5.41) is 9.21. The van der Waals surface area contributed by atoms with Gasteiger partial charge in [0.1, 0.15) is 12.1 Å². The Morgan fingerprint density at radius 2 is 2.18 bits per heavy atom. The highest BCUT2D eigenvalue weighted by Gasteiger charge is 2.26. The zero-order valence-corrected chi connectivity index (χ0v) is 10.1. The summed E-state index contributed by atoms with van der Waals surface area (Å²) in [5.41, 5.74) is 2.60. The summed E-state index contributed by atoms with van der Waals surface area (Å²) in [6, 6.07) is 0. The van der Waals surface area contributed by atoms with Gasteiger partial charge in [0.05, 0.1) is 0 Å². The normalized spacial score (nSPS) is 23.8. The van der Waals surface area contributed by atoms with Gasteiger partial charge in [0.25, 0.3) is 0 Å². The Hall–Kier alpha value is -1.16. The number of nitrogens with zero attached hydrogens (tertiary/aromatic N) is 3. The van der Waals surface area contributed by atoms with Crippen LogP contribution in [0.3, 0.4) is 0 Å². The third kappa shape index (κ3) is 2.02. The molecule has 1 aliphatic heterocycles. The lowest BCUT2D eigenvalue weighted by Gasteiger charge is -2.24. The molecule has 0 spiro atoms. The Morgan fingerprint density at radius 3 is 3.00 bits per heavy atom. The monoisotopic (exact) mass is 233 g/mol. The largest absolute Gasteiger partial charge is 0.396 e. The number of hydrogen-bond donors (Lipinski definition) is 1. The number of rotatable bonds is 2. The molecule has 1 aromatic rings. The first kappa shape index (κ1) is 11.0. The summed E-state index contributed by atoms with van der Waals surface area (Å²) in [5.74, 6) is 1.55. The fraction of sp³-hybridized carbons (Fsp3) is 0.692. The van der Waals surface area contributed by atoms with Crippen LogP contribution in [0.25, 0.3) is 0 Å². The molecule has 0 bridgehead atoms. The predicted molar refractivity (Wildman–Crippen MR) is 66.1 cm³/mol. The molecule has 17 heavy (non-hydrogen) atoms. The van der Waals surface area contributed by atoms with E-state index in [-0.39, 0.29) is 0 Å². The third-order valence-electron chi connectivity index (χ3n) is 3.95. The van der Waals surface area contributed by atoms with Crippen molar-refractivity contribution in [2.45, 2.75) is 32.1 Å². The van der Waals surface area contributed by atoms with Crippen LogP contribution in [0.1, 0.15) is 30.5 Å². The molecular weight excluding hydrogens is 214 g/mol. The molecule has 1 aliphatic carbocycles. The first-order valence-electron chi connectivity index (χ1n) is 6.57. The standard InChI is InChI=1S/C13H19N3O/c17-8-10-5-6-16(7-10)13-11-3-1-2-4-12(11)14-9-15-13/h9-10,17H,1-8H2. The average Bonchev–Trinajstić information content (AvgIpc) is 2.87. The summed E-state index contributed by atoms with van der Waals surface area (Å²) in [6.07, 6.45) is 7.50. The number of hydrogen-bond acceptors (Lipinski definition) is 4. The van der Waals surface area contributed by atoms with E-state index >= 15 is 0 Å². The van der Waals surface area contributed by atoms with E-state index < -0.39 is 0 Å². The number of aliphatic hydroxyl groups excluding tert-OH is 1. The van der Waals surface area contributed by atoms with Gasteiger partial charge >= 0.3 is 0 Å². The van der Waals surface area contributed by atoms with Crippen LogP contribution in [0.4, 0.5) is 5.82 Å². The Morgan fingerprint density at radius 1 is 1.29 bits per heavy atom. The predicted octanol–water partition coefficient (Wildman–Crippen LogP) is 1.17. The van der Waals surface area contributed by atoms with Crippen molar-refractivity contribution in [1.29, 1.82) is 0 Å². The molecule has 3 rings (SSSR count). The van der Waals surface area contributed by atoms with Crippen LogP contribution in [-0.4, -0.2) is 34.8 Å². The Labute approximate surface area is 102 Å². The lowest BCUT2D eigenvalue weighted by Crippen LogP contribution is -2.24. The zero-order valence-electron chi connectivity index (χ0n) is 10.1. The van der Waals surface area contributed by atoms with Crippen LogP contribution >= 0.6 is 0 Å². The first-order chi connectivity index (χ1) is 8.38. The van der Waals surface area contributed by atoms with E-state index in [1.807, 2.05) is 0 Å². The molecule has 0 radical (unpaired) electrons. The molecule has 1 aromatic heterocycles. The van der Waals surface area contributed by atoms with E-state index in [0.29, 0.717) is 12.5 Å². The minimum atomic E-state index is 0.295. The van der Waals surface area contributed by atoms with Crippen molar-refractivity contribution in [1.82, 2.24) is 9.97 Å². The van der Waals surface area contributed by atoms with Gasteiger partial charge in [0.2, 0.25) is 0 Å². The molecular formula is C13H19N3O. The second-order valence-electron chi connectivity index (χ2n) is 5.11. The van der Waals surface area contributed by atoms with Gasteiger partial charge in [0, 0.05) is 36.9 Å². The minimum Gasteiger partial charge on any atom is -0.396 e. The SMILES string of the molecule is OCC1CCN(c2ncnc3c2CCCC3)C1. The molecule has 1 unspecified atom stereocenters. The van der Waals surface area contributed by atoms with E-state index in [9.17, 15) is 5.11 Å². The van der Waals surface area contributed by atoms with Gasteiger partial charge in [-0.15, -0.1) is 0 Å². The number of aliphatic hydroxyl groups is 1. The highest BCUT2D eigenvalue weighted by atomic mass is 16.3. The van der Waals surface area contributed by atoms with Crippen molar-refractivity contribution in [3.8, 4) is 0 Å². The Bertz CT molecular complexity index is 408. The van der Waals surface area contributed by atoms with Gasteiger partial charge in [-0.25, -0.2) is 9.97 Å². The molecule has 92 valence electrons. The third-order valence-corrected chi connectivity index (χ3v) is 3.95. The van der Waals surface area contributed by atoms with Gasteiger partial charge in [-0.2, -0.15) is 0 Å². The Kier molecular flexibility index (Phi) is 2.97. The summed E-state index contributed by atoms with van der Waals surface area (Å²) in [7, 11) is 0. The van der Waals surface area contributed by atoms with Gasteiger partial charge < -0.3 is 10.0 Å². The van der Waals surface area contributed by atoms with Gasteiger partial charge in [-0.1, -0.05) is 0 Å². The maximum Gasteiger partial charge on any atom is 0.135 e. The molecule has 0 amide bonds. The average molecular weight is 233 g/mol. The van der Waals surface area contributed by atoms with Crippen molar-refractivity contribution in [2.24, 2.45) is 5.92 Å². The molecule has 1 fully saturated rings. The fourth-order valence-corrected chi connectivity index (χ4v) is 2.95. The van der Waals surface area contributed by atoms with Crippen LogP contribution in [0, 0.1) is 5.92 Å². The van der Waals surface area contributed by atoms with Crippen LogP contribution in [0.5, 0.6) is 0 Å². The maximum atomic E-state index is 9.21. The highest BCUT2D eigenvalue weighted by molar-refractivity contribution is 5.50. The van der Waals surface area contributed by atoms with E-state index in [1.54, 1.807) is 6.33 Å². The Balaban J connectivity index is 1.88. The summed E-state index contributed by atoms with van der Waals surface area (Å²) in [4.78, 5) is 11.2. The van der Waals surface area contributed by atoms with E-state index in [2.05, 4.69) is 14.9 Å². The van der Waals surface area contributed by atoms with Crippen molar-refractivity contribution < 1.29 is 5.11 Å². The van der Waals surface area contributed by atoms with Crippen LogP contribution in [0.15, 0.2) is 6.33 Å². The van der Waals surface area contributed by atoms with Crippen molar-refractivity contribution in [3.05, 3.63) is 17.6 Å². The molecule has 2 heterocycles. The topological polar surface area (TPSA) is 49.2 Å². The van der Waals surface area contributed by atoms with E-state index in [4.69, 9.17) is 0 Å². The van der Waals surface area contributed by atoms with Gasteiger partial charge in [-0.05, 0) is 32.1 Å². The molecule has 4 nitrogen and oxygen atoms in total. The molecule has 2 aliphatic rings. The number of anilines is 1. The lowest BCUT2D eigenvalue weighted by molar-refractivity contribution is 0.238. The number of aromatic nitrogens is 2. The summed E-state index contributed by atoms with van der Waals surface area (Å²) in [6.45, 7) is 2.26. The maximum absolute atomic E-state index is 9.21. The second-order valence-corrected chi connectivity index (χ2v) is 5.11. The number of fused-ring (bicyclic) bond motifs is 1. The molecule has 1 N–H and O–H groups in total. The molecule has 0 saturated carbocycles. The van der Waals surface area contributed by atoms with Gasteiger partial charge in [0.15, 0.2) is 0 Å². The van der Waals surface area contributed by atoms with Crippen LogP contribution in [0.2, 0.25) is 0 Å². The quantitative estimate of drug-likeness (QED) is 0.833. The summed E-state index contributed by atoms with van der Waals surface area (Å²) >= 11 is 0. The molecule has 4 heteroatoms. The molecule has 0 aromatic carbocycles. The van der Waals surface area contributed by atoms with E-state index in [0.717, 1.165) is 38.2 Å². The molecule has 1 atom stereocenters. The second kappa shape index (κ2) is 4.61. The highest BCUT2D eigenvalue weighted by Crippen LogP contribution is 2.30. The van der Waals surface area contributed by atoms with Crippen molar-refractivity contribution in [2.75, 3.05) is 24.6 Å². The zero-order chi connectivity index (χ0) is 11.7. The minimum absolute atomic E-state index is 0.295.